The van der Waals surface area contributed by atoms with Crippen LogP contribution < -0.4 is 0 Å². The molecule has 3 nitrogen and oxygen atoms in total. The molecular weight excluding hydrogens is 210 g/mol. The molecular formula is C14H13N3. The van der Waals surface area contributed by atoms with E-state index in [9.17, 15) is 0 Å². The molecule has 84 valence electrons. The Labute approximate surface area is 99.8 Å². The second-order valence-corrected chi connectivity index (χ2v) is 4.18. The van der Waals surface area contributed by atoms with E-state index in [0.717, 1.165) is 12.2 Å². The first-order valence-corrected chi connectivity index (χ1v) is 5.63. The number of nitrogens with zero attached hydrogens (tertiary/aromatic N) is 3. The highest BCUT2D eigenvalue weighted by atomic mass is 15.0. The van der Waals surface area contributed by atoms with Crippen LogP contribution in [-0.2, 0) is 6.54 Å². The second kappa shape index (κ2) is 4.01. The lowest BCUT2D eigenvalue weighted by molar-refractivity contribution is 0.772. The summed E-state index contributed by atoms with van der Waals surface area (Å²) in [6.45, 7) is 2.88. The molecule has 3 rings (SSSR count). The first-order valence-electron chi connectivity index (χ1n) is 5.63. The molecule has 0 atom stereocenters. The van der Waals surface area contributed by atoms with Gasteiger partial charge in [0.2, 0.25) is 0 Å². The van der Waals surface area contributed by atoms with Gasteiger partial charge in [-0.25, -0.2) is 4.98 Å². The quantitative estimate of drug-likeness (QED) is 0.668. The third kappa shape index (κ3) is 1.80. The van der Waals surface area contributed by atoms with Crippen LogP contribution in [0.15, 0.2) is 49.2 Å². The molecule has 0 saturated heterocycles. The maximum atomic E-state index is 4.29. The summed E-state index contributed by atoms with van der Waals surface area (Å²) < 4.78 is 2.13. The van der Waals surface area contributed by atoms with Crippen molar-refractivity contribution < 1.29 is 0 Å². The van der Waals surface area contributed by atoms with E-state index >= 15 is 0 Å². The summed E-state index contributed by atoms with van der Waals surface area (Å²) in [6.07, 6.45) is 7.57. The lowest BCUT2D eigenvalue weighted by atomic mass is 10.1. The van der Waals surface area contributed by atoms with Crippen molar-refractivity contribution in [3.05, 3.63) is 60.4 Å². The molecule has 0 N–H and O–H groups in total. The number of imidazole rings is 1. The molecule has 0 saturated carbocycles. The first kappa shape index (κ1) is 10.0. The van der Waals surface area contributed by atoms with E-state index in [0.29, 0.717) is 0 Å². The van der Waals surface area contributed by atoms with Gasteiger partial charge in [-0.3, -0.25) is 4.98 Å². The van der Waals surface area contributed by atoms with E-state index < -0.39 is 0 Å². The SMILES string of the molecule is Cc1cncn1Cc1cncc2ccccc12. The molecule has 0 fully saturated rings. The Morgan fingerprint density at radius 3 is 2.76 bits per heavy atom. The zero-order valence-corrected chi connectivity index (χ0v) is 9.67. The molecule has 2 heterocycles. The van der Waals surface area contributed by atoms with Gasteiger partial charge in [-0.2, -0.15) is 0 Å². The monoisotopic (exact) mass is 223 g/mol. The van der Waals surface area contributed by atoms with E-state index in [4.69, 9.17) is 0 Å². The van der Waals surface area contributed by atoms with Crippen LogP contribution in [0.1, 0.15) is 11.3 Å². The van der Waals surface area contributed by atoms with Crippen molar-refractivity contribution in [2.75, 3.05) is 0 Å². The topological polar surface area (TPSA) is 30.7 Å². The van der Waals surface area contributed by atoms with Crippen molar-refractivity contribution in [3.8, 4) is 0 Å². The van der Waals surface area contributed by atoms with E-state index in [-0.39, 0.29) is 0 Å². The van der Waals surface area contributed by atoms with E-state index in [2.05, 4.69) is 39.7 Å². The van der Waals surface area contributed by atoms with Gasteiger partial charge in [0.15, 0.2) is 0 Å². The fraction of sp³-hybridized carbons (Fsp3) is 0.143. The Hall–Kier alpha value is -2.16. The van der Waals surface area contributed by atoms with Crippen LogP contribution in [0.4, 0.5) is 0 Å². The van der Waals surface area contributed by atoms with Crippen molar-refractivity contribution in [1.29, 1.82) is 0 Å². The summed E-state index contributed by atoms with van der Waals surface area (Å²) in [5.74, 6) is 0. The zero-order chi connectivity index (χ0) is 11.7. The Morgan fingerprint density at radius 2 is 1.94 bits per heavy atom. The van der Waals surface area contributed by atoms with Crippen LogP contribution >= 0.6 is 0 Å². The van der Waals surface area contributed by atoms with E-state index in [1.54, 1.807) is 0 Å². The number of rotatable bonds is 2. The fourth-order valence-corrected chi connectivity index (χ4v) is 2.04. The Kier molecular flexibility index (Phi) is 2.37. The normalized spacial score (nSPS) is 10.9. The van der Waals surface area contributed by atoms with Gasteiger partial charge in [0.05, 0.1) is 12.9 Å². The Balaban J connectivity index is 2.09. The van der Waals surface area contributed by atoms with Gasteiger partial charge in [-0.1, -0.05) is 24.3 Å². The molecule has 0 aliphatic heterocycles. The average molecular weight is 223 g/mol. The zero-order valence-electron chi connectivity index (χ0n) is 9.67. The van der Waals surface area contributed by atoms with Gasteiger partial charge in [0.25, 0.3) is 0 Å². The van der Waals surface area contributed by atoms with Crippen LogP contribution in [0, 0.1) is 6.92 Å². The number of pyridine rings is 1. The van der Waals surface area contributed by atoms with E-state index in [1.807, 2.05) is 31.0 Å². The predicted octanol–water partition coefficient (Wildman–Crippen LogP) is 2.79. The number of aryl methyl sites for hydroxylation is 1. The molecule has 0 bridgehead atoms. The molecule has 17 heavy (non-hydrogen) atoms. The highest BCUT2D eigenvalue weighted by Gasteiger charge is 2.03. The molecule has 0 unspecified atom stereocenters. The summed E-state index contributed by atoms with van der Waals surface area (Å²) in [7, 11) is 0. The molecule has 0 amide bonds. The van der Waals surface area contributed by atoms with Gasteiger partial charge in [-0.15, -0.1) is 0 Å². The minimum Gasteiger partial charge on any atom is -0.330 e. The molecule has 0 aliphatic rings. The van der Waals surface area contributed by atoms with Crippen LogP contribution in [0.2, 0.25) is 0 Å². The van der Waals surface area contributed by atoms with Crippen LogP contribution in [-0.4, -0.2) is 14.5 Å². The van der Waals surface area contributed by atoms with Gasteiger partial charge >= 0.3 is 0 Å². The third-order valence-corrected chi connectivity index (χ3v) is 3.01. The average Bonchev–Trinajstić information content (AvgIpc) is 2.76. The smallest absolute Gasteiger partial charge is 0.0951 e. The summed E-state index contributed by atoms with van der Waals surface area (Å²) in [5.41, 5.74) is 2.39. The lowest BCUT2D eigenvalue weighted by Gasteiger charge is -2.08. The lowest BCUT2D eigenvalue weighted by Crippen LogP contribution is -2.01. The number of fused-ring (bicyclic) bond motifs is 1. The molecule has 1 aromatic carbocycles. The molecule has 3 aromatic rings. The fourth-order valence-electron chi connectivity index (χ4n) is 2.04. The number of hydrogen-bond donors (Lipinski definition) is 0. The molecule has 2 aromatic heterocycles. The highest BCUT2D eigenvalue weighted by Crippen LogP contribution is 2.18. The minimum absolute atomic E-state index is 0.820. The van der Waals surface area contributed by atoms with Crippen molar-refractivity contribution in [3.63, 3.8) is 0 Å². The van der Waals surface area contributed by atoms with Crippen molar-refractivity contribution in [2.45, 2.75) is 13.5 Å². The summed E-state index contributed by atoms with van der Waals surface area (Å²) in [5, 5.41) is 2.44. The summed E-state index contributed by atoms with van der Waals surface area (Å²) in [4.78, 5) is 8.43. The number of benzene rings is 1. The van der Waals surface area contributed by atoms with Gasteiger partial charge < -0.3 is 4.57 Å². The Morgan fingerprint density at radius 1 is 1.06 bits per heavy atom. The molecule has 0 aliphatic carbocycles. The van der Waals surface area contributed by atoms with Gasteiger partial charge in [0, 0.05) is 29.7 Å². The molecule has 0 spiro atoms. The van der Waals surface area contributed by atoms with Gasteiger partial charge in [-0.05, 0) is 17.9 Å². The number of aromatic nitrogens is 3. The third-order valence-electron chi connectivity index (χ3n) is 3.01. The Bertz CT molecular complexity index is 650. The summed E-state index contributed by atoms with van der Waals surface area (Å²) in [6, 6.07) is 8.33. The van der Waals surface area contributed by atoms with Crippen molar-refractivity contribution >= 4 is 10.8 Å². The maximum absolute atomic E-state index is 4.29. The van der Waals surface area contributed by atoms with Crippen LogP contribution in [0.25, 0.3) is 10.8 Å². The number of hydrogen-bond acceptors (Lipinski definition) is 2. The summed E-state index contributed by atoms with van der Waals surface area (Å²) >= 11 is 0. The molecule has 0 radical (unpaired) electrons. The van der Waals surface area contributed by atoms with Crippen molar-refractivity contribution in [1.82, 2.24) is 14.5 Å². The predicted molar refractivity (Wildman–Crippen MR) is 67.8 cm³/mol. The van der Waals surface area contributed by atoms with Crippen molar-refractivity contribution in [2.24, 2.45) is 0 Å². The maximum Gasteiger partial charge on any atom is 0.0951 e. The van der Waals surface area contributed by atoms with Crippen LogP contribution in [0.5, 0.6) is 0 Å². The first-order chi connectivity index (χ1) is 8.34. The van der Waals surface area contributed by atoms with Gasteiger partial charge in [0.1, 0.15) is 0 Å². The largest absolute Gasteiger partial charge is 0.330 e. The van der Waals surface area contributed by atoms with E-state index in [1.165, 1.54) is 16.3 Å². The van der Waals surface area contributed by atoms with Crippen LogP contribution in [0.3, 0.4) is 0 Å². The second-order valence-electron chi connectivity index (χ2n) is 4.18. The minimum atomic E-state index is 0.820. The standard InChI is InChI=1S/C14H13N3/c1-11-6-16-10-17(11)9-13-8-15-7-12-4-2-3-5-14(12)13/h2-8,10H,9H2,1H3. The molecule has 3 heteroatoms. The highest BCUT2D eigenvalue weighted by molar-refractivity contribution is 5.84.